The van der Waals surface area contributed by atoms with Gasteiger partial charge in [-0.2, -0.15) is 0 Å². The SMILES string of the molecule is CCC1(C(O)C/C=C/[C@H]2[C@H](OC)CC(=O)[C@@H]2C/C=C\CCCC(=O)O)CCC1. The van der Waals surface area contributed by atoms with Crippen molar-refractivity contribution in [1.82, 2.24) is 0 Å². The minimum atomic E-state index is -0.776. The minimum Gasteiger partial charge on any atom is -0.481 e. The molecule has 0 aromatic carbocycles. The zero-order valence-corrected chi connectivity index (χ0v) is 17.3. The van der Waals surface area contributed by atoms with Crippen molar-refractivity contribution < 1.29 is 24.5 Å². The van der Waals surface area contributed by atoms with Gasteiger partial charge >= 0.3 is 5.97 Å². The number of carbonyl (C=O) groups is 2. The Labute approximate surface area is 168 Å². The number of hydrogen-bond acceptors (Lipinski definition) is 4. The molecule has 0 heterocycles. The van der Waals surface area contributed by atoms with Crippen molar-refractivity contribution in [3.05, 3.63) is 24.3 Å². The number of carboxylic acids is 1. The van der Waals surface area contributed by atoms with Crippen LogP contribution in [0.2, 0.25) is 0 Å². The van der Waals surface area contributed by atoms with E-state index in [0.29, 0.717) is 32.1 Å². The Morgan fingerprint density at radius 2 is 2.07 bits per heavy atom. The van der Waals surface area contributed by atoms with E-state index < -0.39 is 5.97 Å². The van der Waals surface area contributed by atoms with Crippen LogP contribution in [0.3, 0.4) is 0 Å². The summed E-state index contributed by atoms with van der Waals surface area (Å²) in [5, 5.41) is 19.3. The van der Waals surface area contributed by atoms with Crippen LogP contribution in [0.1, 0.15) is 71.1 Å². The van der Waals surface area contributed by atoms with Gasteiger partial charge in [-0.15, -0.1) is 0 Å². The number of methoxy groups -OCH3 is 1. The average molecular weight is 393 g/mol. The molecule has 0 radical (unpaired) electrons. The molecule has 2 rings (SSSR count). The highest BCUT2D eigenvalue weighted by atomic mass is 16.5. The Bertz CT molecular complexity index is 570. The molecule has 0 aliphatic heterocycles. The monoisotopic (exact) mass is 392 g/mol. The van der Waals surface area contributed by atoms with E-state index in [1.165, 1.54) is 6.42 Å². The van der Waals surface area contributed by atoms with E-state index in [0.717, 1.165) is 19.3 Å². The van der Waals surface area contributed by atoms with E-state index in [-0.39, 0.29) is 41.7 Å². The van der Waals surface area contributed by atoms with Gasteiger partial charge < -0.3 is 14.9 Å². The molecule has 28 heavy (non-hydrogen) atoms. The third-order valence-corrected chi connectivity index (χ3v) is 6.81. The van der Waals surface area contributed by atoms with Crippen molar-refractivity contribution in [2.45, 2.75) is 83.3 Å². The third-order valence-electron chi connectivity index (χ3n) is 6.81. The van der Waals surface area contributed by atoms with Crippen molar-refractivity contribution >= 4 is 11.8 Å². The topological polar surface area (TPSA) is 83.8 Å². The van der Waals surface area contributed by atoms with Crippen molar-refractivity contribution in [3.8, 4) is 0 Å². The summed E-state index contributed by atoms with van der Waals surface area (Å²) in [7, 11) is 1.65. The summed E-state index contributed by atoms with van der Waals surface area (Å²) >= 11 is 0. The van der Waals surface area contributed by atoms with Crippen LogP contribution in [0.4, 0.5) is 0 Å². The van der Waals surface area contributed by atoms with E-state index in [9.17, 15) is 14.7 Å². The van der Waals surface area contributed by atoms with E-state index >= 15 is 0 Å². The van der Waals surface area contributed by atoms with Crippen LogP contribution in [0, 0.1) is 17.3 Å². The number of aliphatic carboxylic acids is 1. The Hall–Kier alpha value is -1.46. The van der Waals surface area contributed by atoms with Crippen LogP contribution in [-0.2, 0) is 14.3 Å². The number of allylic oxidation sites excluding steroid dienone is 2. The normalized spacial score (nSPS) is 28.1. The smallest absolute Gasteiger partial charge is 0.303 e. The van der Waals surface area contributed by atoms with E-state index in [1.807, 2.05) is 18.2 Å². The summed E-state index contributed by atoms with van der Waals surface area (Å²) in [5.41, 5.74) is 0.0918. The average Bonchev–Trinajstić information content (AvgIpc) is 2.92. The van der Waals surface area contributed by atoms with Crippen LogP contribution in [-0.4, -0.2) is 41.3 Å². The molecular formula is C23H36O5. The molecule has 0 saturated heterocycles. The molecule has 0 spiro atoms. The number of aliphatic hydroxyl groups is 1. The van der Waals surface area contributed by atoms with E-state index in [2.05, 4.69) is 13.0 Å². The van der Waals surface area contributed by atoms with E-state index in [1.54, 1.807) is 7.11 Å². The second-order valence-electron chi connectivity index (χ2n) is 8.37. The van der Waals surface area contributed by atoms with Gasteiger partial charge in [0.1, 0.15) is 5.78 Å². The van der Waals surface area contributed by atoms with Crippen LogP contribution >= 0.6 is 0 Å². The molecule has 5 heteroatoms. The molecule has 0 aromatic rings. The zero-order chi connectivity index (χ0) is 20.6. The molecule has 2 fully saturated rings. The van der Waals surface area contributed by atoms with Crippen LogP contribution < -0.4 is 0 Å². The summed E-state index contributed by atoms with van der Waals surface area (Å²) in [6.45, 7) is 2.15. The quantitative estimate of drug-likeness (QED) is 0.382. The maximum Gasteiger partial charge on any atom is 0.303 e. The zero-order valence-electron chi connectivity index (χ0n) is 17.3. The van der Waals surface area contributed by atoms with Crippen LogP contribution in [0.25, 0.3) is 0 Å². The van der Waals surface area contributed by atoms with E-state index in [4.69, 9.17) is 9.84 Å². The minimum absolute atomic E-state index is 0.0346. The predicted octanol–water partition coefficient (Wildman–Crippen LogP) is 4.30. The van der Waals surface area contributed by atoms with Gasteiger partial charge in [0.15, 0.2) is 0 Å². The van der Waals surface area contributed by atoms with Gasteiger partial charge in [0.25, 0.3) is 0 Å². The molecule has 0 aromatic heterocycles. The number of carboxylic acid groups (broad SMARTS) is 1. The van der Waals surface area contributed by atoms with Crippen molar-refractivity contribution in [1.29, 1.82) is 0 Å². The first kappa shape index (κ1) is 22.8. The number of ketones is 1. The standard InChI is InChI=1S/C23H36O5/c1-3-23(14-9-15-23)21(25)12-8-11-18-17(19(24)16-20(18)28-2)10-6-4-5-7-13-22(26)27/h4,6,8,11,17-18,20-21,25H,3,5,7,9-10,12-16H2,1-2H3,(H,26,27)/b6-4-,11-8+/t17-,18-,20-,21?/m1/s1. The molecule has 0 amide bonds. The first-order valence-corrected chi connectivity index (χ1v) is 10.7. The molecule has 1 unspecified atom stereocenters. The molecule has 5 nitrogen and oxygen atoms in total. The summed E-state index contributed by atoms with van der Waals surface area (Å²) in [6, 6.07) is 0. The van der Waals surface area contributed by atoms with Gasteiger partial charge in [-0.3, -0.25) is 9.59 Å². The molecule has 2 aliphatic carbocycles. The number of aliphatic hydroxyl groups excluding tert-OH is 1. The first-order valence-electron chi connectivity index (χ1n) is 10.7. The number of carbonyl (C=O) groups excluding carboxylic acids is 1. The molecule has 2 N–H and O–H groups in total. The number of unbranched alkanes of at least 4 members (excludes halogenated alkanes) is 1. The van der Waals surface area contributed by atoms with Crippen molar-refractivity contribution in [3.63, 3.8) is 0 Å². The summed E-state index contributed by atoms with van der Waals surface area (Å²) < 4.78 is 5.55. The Kier molecular flexibility index (Phi) is 8.90. The number of rotatable bonds is 12. The second-order valence-corrected chi connectivity index (χ2v) is 8.37. The molecule has 4 atom stereocenters. The highest BCUT2D eigenvalue weighted by Gasteiger charge is 2.42. The molecule has 158 valence electrons. The molecule has 0 bridgehead atoms. The molecular weight excluding hydrogens is 356 g/mol. The first-order chi connectivity index (χ1) is 13.4. The van der Waals surface area contributed by atoms with Gasteiger partial charge in [-0.1, -0.05) is 37.6 Å². The maximum absolute atomic E-state index is 12.4. The van der Waals surface area contributed by atoms with Gasteiger partial charge in [-0.25, -0.2) is 0 Å². The summed E-state index contributed by atoms with van der Waals surface area (Å²) in [5.74, 6) is -0.618. The maximum atomic E-state index is 12.4. The van der Waals surface area contributed by atoms with Crippen LogP contribution in [0.15, 0.2) is 24.3 Å². The summed E-state index contributed by atoms with van der Waals surface area (Å²) in [4.78, 5) is 23.0. The Morgan fingerprint density at radius 3 is 2.64 bits per heavy atom. The number of ether oxygens (including phenoxy) is 1. The molecule has 2 saturated carbocycles. The van der Waals surface area contributed by atoms with Gasteiger partial charge in [0, 0.05) is 31.8 Å². The third kappa shape index (κ3) is 5.77. The number of hydrogen-bond donors (Lipinski definition) is 2. The highest BCUT2D eigenvalue weighted by molar-refractivity contribution is 5.84. The Morgan fingerprint density at radius 1 is 1.32 bits per heavy atom. The fourth-order valence-electron chi connectivity index (χ4n) is 4.65. The van der Waals surface area contributed by atoms with Crippen LogP contribution in [0.5, 0.6) is 0 Å². The lowest BCUT2D eigenvalue weighted by Gasteiger charge is -2.45. The van der Waals surface area contributed by atoms with Crippen molar-refractivity contribution in [2.75, 3.05) is 7.11 Å². The lowest BCUT2D eigenvalue weighted by atomic mass is 9.63. The predicted molar refractivity (Wildman–Crippen MR) is 109 cm³/mol. The van der Waals surface area contributed by atoms with Gasteiger partial charge in [0.2, 0.25) is 0 Å². The van der Waals surface area contributed by atoms with Gasteiger partial charge in [0.05, 0.1) is 12.2 Å². The highest BCUT2D eigenvalue weighted by Crippen LogP contribution is 2.47. The lowest BCUT2D eigenvalue weighted by molar-refractivity contribution is -0.137. The number of Topliss-reactive ketones (excluding diaryl/α,β-unsaturated/α-hetero) is 1. The molecule has 2 aliphatic rings. The fourth-order valence-corrected chi connectivity index (χ4v) is 4.65. The fraction of sp³-hybridized carbons (Fsp3) is 0.739. The summed E-state index contributed by atoms with van der Waals surface area (Å²) in [6.07, 6.45) is 15.3. The van der Waals surface area contributed by atoms with Gasteiger partial charge in [-0.05, 0) is 50.4 Å². The Balaban J connectivity index is 1.89. The largest absolute Gasteiger partial charge is 0.481 e. The second kappa shape index (κ2) is 10.9. The van der Waals surface area contributed by atoms with Crippen molar-refractivity contribution in [2.24, 2.45) is 17.3 Å². The lowest BCUT2D eigenvalue weighted by Crippen LogP contribution is -2.40.